The molecule has 5 rings (SSSR count). The van der Waals surface area contributed by atoms with Crippen LogP contribution in [0, 0.1) is 13.8 Å². The number of amides is 3. The molecule has 0 radical (unpaired) electrons. The predicted molar refractivity (Wildman–Crippen MR) is 176 cm³/mol. The molecule has 1 heterocycles. The van der Waals surface area contributed by atoms with Crippen LogP contribution in [0.1, 0.15) is 27.2 Å². The van der Waals surface area contributed by atoms with Crippen molar-refractivity contribution in [2.24, 2.45) is 0 Å². The molecule has 0 aliphatic rings. The molecule has 8 heteroatoms. The van der Waals surface area contributed by atoms with E-state index in [9.17, 15) is 14.4 Å². The molecule has 0 spiro atoms. The van der Waals surface area contributed by atoms with Crippen molar-refractivity contribution in [3.05, 3.63) is 143 Å². The van der Waals surface area contributed by atoms with Crippen LogP contribution in [-0.4, -0.2) is 23.5 Å². The van der Waals surface area contributed by atoms with Gasteiger partial charge >= 0.3 is 0 Å². The number of furan rings is 1. The Labute approximate surface area is 260 Å². The number of anilines is 2. The van der Waals surface area contributed by atoms with E-state index in [-0.39, 0.29) is 17.4 Å². The van der Waals surface area contributed by atoms with E-state index < -0.39 is 11.8 Å². The molecular formula is C36H31N3O4S. The van der Waals surface area contributed by atoms with E-state index >= 15 is 0 Å². The van der Waals surface area contributed by atoms with Crippen LogP contribution >= 0.6 is 11.8 Å². The highest BCUT2D eigenvalue weighted by atomic mass is 32.2. The fourth-order valence-electron chi connectivity index (χ4n) is 4.20. The van der Waals surface area contributed by atoms with E-state index in [0.29, 0.717) is 22.8 Å². The molecule has 3 amide bonds. The third-order valence-electron chi connectivity index (χ3n) is 6.60. The molecule has 0 fully saturated rings. The van der Waals surface area contributed by atoms with Gasteiger partial charge in [0, 0.05) is 33.5 Å². The largest absolute Gasteiger partial charge is 0.457 e. The number of carbonyl (C=O) groups excluding carboxylic acids is 3. The highest BCUT2D eigenvalue weighted by Gasteiger charge is 2.16. The number of carbonyl (C=O) groups is 3. The van der Waals surface area contributed by atoms with E-state index in [1.165, 1.54) is 17.8 Å². The molecule has 0 saturated heterocycles. The van der Waals surface area contributed by atoms with Crippen molar-refractivity contribution in [2.45, 2.75) is 18.7 Å². The fourth-order valence-corrected chi connectivity index (χ4v) is 4.90. The number of hydrogen-bond acceptors (Lipinski definition) is 5. The van der Waals surface area contributed by atoms with Gasteiger partial charge in [-0.25, -0.2) is 0 Å². The number of benzene rings is 4. The Balaban J connectivity index is 1.26. The summed E-state index contributed by atoms with van der Waals surface area (Å²) in [6, 6.07) is 34.9. The molecule has 1 aromatic heterocycles. The topological polar surface area (TPSA) is 100 Å². The standard InChI is InChI=1S/C36H31N3O4S/c1-24-8-12-26(13-9-24)33-21-18-30(43-33)22-32(39-35(41)27-6-4-3-5-7-27)36(42)38-29-16-19-31(20-17-29)44-23-34(40)37-28-14-10-25(2)11-15-28/h3-22H,23H2,1-2H3,(H,37,40)(H,38,42)(H,39,41)/b32-22-. The van der Waals surface area contributed by atoms with Crippen molar-refractivity contribution in [1.29, 1.82) is 0 Å². The second-order valence-electron chi connectivity index (χ2n) is 10.1. The minimum Gasteiger partial charge on any atom is -0.457 e. The summed E-state index contributed by atoms with van der Waals surface area (Å²) in [6.07, 6.45) is 1.50. The molecule has 0 unspecified atom stereocenters. The lowest BCUT2D eigenvalue weighted by atomic mass is 10.1. The maximum atomic E-state index is 13.4. The monoisotopic (exact) mass is 601 g/mol. The summed E-state index contributed by atoms with van der Waals surface area (Å²) in [6.45, 7) is 4.01. The van der Waals surface area contributed by atoms with Crippen molar-refractivity contribution in [3.63, 3.8) is 0 Å². The molecule has 0 atom stereocenters. The number of thioether (sulfide) groups is 1. The van der Waals surface area contributed by atoms with Crippen molar-refractivity contribution >= 4 is 46.9 Å². The first kappa shape index (κ1) is 30.1. The van der Waals surface area contributed by atoms with Crippen LogP contribution in [0.25, 0.3) is 17.4 Å². The Morgan fingerprint density at radius 1 is 0.705 bits per heavy atom. The summed E-state index contributed by atoms with van der Waals surface area (Å²) in [5.74, 6) is 0.254. The van der Waals surface area contributed by atoms with Crippen molar-refractivity contribution < 1.29 is 18.8 Å². The Hall–Kier alpha value is -5.34. The fraction of sp³-hybridized carbons (Fsp3) is 0.0833. The molecule has 0 aliphatic carbocycles. The van der Waals surface area contributed by atoms with E-state index in [4.69, 9.17) is 4.42 Å². The quantitative estimate of drug-likeness (QED) is 0.113. The van der Waals surface area contributed by atoms with Crippen LogP contribution in [-0.2, 0) is 9.59 Å². The van der Waals surface area contributed by atoms with Gasteiger partial charge in [0.1, 0.15) is 17.2 Å². The molecule has 44 heavy (non-hydrogen) atoms. The van der Waals surface area contributed by atoms with Crippen LogP contribution in [0.2, 0.25) is 0 Å². The Morgan fingerprint density at radius 3 is 2.00 bits per heavy atom. The number of nitrogens with one attached hydrogen (secondary N) is 3. The van der Waals surface area contributed by atoms with Crippen molar-refractivity contribution in [2.75, 3.05) is 16.4 Å². The smallest absolute Gasteiger partial charge is 0.272 e. The Morgan fingerprint density at radius 2 is 1.32 bits per heavy atom. The Bertz CT molecular complexity index is 1780. The van der Waals surface area contributed by atoms with E-state index in [1.54, 1.807) is 42.5 Å². The zero-order valence-corrected chi connectivity index (χ0v) is 25.1. The Kier molecular flexibility index (Phi) is 9.74. The molecule has 7 nitrogen and oxygen atoms in total. The molecule has 3 N–H and O–H groups in total. The molecule has 4 aromatic carbocycles. The van der Waals surface area contributed by atoms with Crippen LogP contribution in [0.3, 0.4) is 0 Å². The first-order valence-corrected chi connectivity index (χ1v) is 15.0. The first-order valence-electron chi connectivity index (χ1n) is 14.0. The second kappa shape index (κ2) is 14.2. The van der Waals surface area contributed by atoms with Crippen LogP contribution in [0.4, 0.5) is 11.4 Å². The molecule has 0 bridgehead atoms. The van der Waals surface area contributed by atoms with Crippen LogP contribution in [0.15, 0.2) is 130 Å². The maximum Gasteiger partial charge on any atom is 0.272 e. The molecular weight excluding hydrogens is 570 g/mol. The summed E-state index contributed by atoms with van der Waals surface area (Å²) in [5, 5.41) is 8.45. The summed E-state index contributed by atoms with van der Waals surface area (Å²) in [7, 11) is 0. The highest BCUT2D eigenvalue weighted by molar-refractivity contribution is 8.00. The van der Waals surface area contributed by atoms with Gasteiger partial charge in [-0.3, -0.25) is 14.4 Å². The minimum atomic E-state index is -0.513. The first-order chi connectivity index (χ1) is 21.3. The highest BCUT2D eigenvalue weighted by Crippen LogP contribution is 2.25. The van der Waals surface area contributed by atoms with Gasteiger partial charge < -0.3 is 20.4 Å². The lowest BCUT2D eigenvalue weighted by Crippen LogP contribution is -2.30. The maximum absolute atomic E-state index is 13.4. The van der Waals surface area contributed by atoms with Gasteiger partial charge in [-0.15, -0.1) is 11.8 Å². The van der Waals surface area contributed by atoms with Gasteiger partial charge in [0.05, 0.1) is 5.75 Å². The number of rotatable bonds is 10. The normalized spacial score (nSPS) is 11.1. The molecule has 0 saturated carbocycles. The summed E-state index contributed by atoms with van der Waals surface area (Å²) in [5.41, 5.74) is 4.89. The van der Waals surface area contributed by atoms with Crippen molar-refractivity contribution in [1.82, 2.24) is 5.32 Å². The van der Waals surface area contributed by atoms with Gasteiger partial charge in [-0.1, -0.05) is 65.7 Å². The average Bonchev–Trinajstić information content (AvgIpc) is 3.51. The minimum absolute atomic E-state index is 0.0230. The SMILES string of the molecule is Cc1ccc(NC(=O)CSc2ccc(NC(=O)/C(=C/c3ccc(-c4ccc(C)cc4)o3)NC(=O)c3ccccc3)cc2)cc1. The molecule has 5 aromatic rings. The lowest BCUT2D eigenvalue weighted by Gasteiger charge is -2.11. The third-order valence-corrected chi connectivity index (χ3v) is 7.61. The molecule has 0 aliphatic heterocycles. The lowest BCUT2D eigenvalue weighted by molar-refractivity contribution is -0.114. The van der Waals surface area contributed by atoms with Gasteiger partial charge in [0.2, 0.25) is 5.91 Å². The van der Waals surface area contributed by atoms with Gasteiger partial charge in [-0.2, -0.15) is 0 Å². The summed E-state index contributed by atoms with van der Waals surface area (Å²) >= 11 is 1.39. The zero-order chi connectivity index (χ0) is 30.9. The van der Waals surface area contributed by atoms with Gasteiger partial charge in [0.25, 0.3) is 11.8 Å². The van der Waals surface area contributed by atoms with Crippen LogP contribution < -0.4 is 16.0 Å². The van der Waals surface area contributed by atoms with Gasteiger partial charge in [0.15, 0.2) is 0 Å². The number of hydrogen-bond donors (Lipinski definition) is 3. The third kappa shape index (κ3) is 8.36. The van der Waals surface area contributed by atoms with E-state index in [1.807, 2.05) is 86.6 Å². The zero-order valence-electron chi connectivity index (χ0n) is 24.3. The van der Waals surface area contributed by atoms with Crippen molar-refractivity contribution in [3.8, 4) is 11.3 Å². The predicted octanol–water partition coefficient (Wildman–Crippen LogP) is 7.70. The second-order valence-corrected chi connectivity index (χ2v) is 11.2. The van der Waals surface area contributed by atoms with Crippen LogP contribution in [0.5, 0.6) is 0 Å². The summed E-state index contributed by atoms with van der Waals surface area (Å²) in [4.78, 5) is 39.6. The number of aryl methyl sites for hydroxylation is 2. The van der Waals surface area contributed by atoms with E-state index in [2.05, 4.69) is 16.0 Å². The van der Waals surface area contributed by atoms with E-state index in [0.717, 1.165) is 27.3 Å². The average molecular weight is 602 g/mol. The molecule has 220 valence electrons. The summed E-state index contributed by atoms with van der Waals surface area (Å²) < 4.78 is 5.99. The van der Waals surface area contributed by atoms with Gasteiger partial charge in [-0.05, 0) is 74.5 Å².